The minimum Gasteiger partial charge on any atom is -0.493 e. The first kappa shape index (κ1) is 32.3. The Morgan fingerprint density at radius 2 is 1.74 bits per heavy atom. The lowest BCUT2D eigenvalue weighted by molar-refractivity contribution is 0.117. The zero-order valence-electron chi connectivity index (χ0n) is 26.0. The van der Waals surface area contributed by atoms with Crippen molar-refractivity contribution in [1.29, 1.82) is 0 Å². The molecular weight excluding hydrogens is 572 g/mol. The molecule has 2 aliphatic heterocycles. The van der Waals surface area contributed by atoms with Gasteiger partial charge in [0.25, 0.3) is 0 Å². The van der Waals surface area contributed by atoms with E-state index in [0.29, 0.717) is 62.4 Å². The standard InChI is InChI=1S/C32H45ClN4O4S/c1-8-41-28-22-25(31(3,4)5)12-15-27(28)29-34-32(6,24-10-13-26(33)14-11-24)23(2)37(29)30(38)36-19-17-35(18-20-36)16-9-21-42(7,39)40/h10-15,22-23H,8-9,16-21H2,1-7H3/t23-,32+/m0/s1. The molecule has 0 N–H and O–H groups in total. The summed E-state index contributed by atoms with van der Waals surface area (Å²) < 4.78 is 29.2. The summed E-state index contributed by atoms with van der Waals surface area (Å²) in [5, 5.41) is 0.649. The molecule has 0 radical (unpaired) electrons. The van der Waals surface area contributed by atoms with Crippen LogP contribution in [0.4, 0.5) is 4.79 Å². The number of hydrogen-bond acceptors (Lipinski definition) is 6. The molecular formula is C32H45ClN4O4S. The van der Waals surface area contributed by atoms with Gasteiger partial charge in [-0.25, -0.2) is 13.2 Å². The van der Waals surface area contributed by atoms with Gasteiger partial charge in [0.2, 0.25) is 0 Å². The van der Waals surface area contributed by atoms with Crippen molar-refractivity contribution in [2.45, 2.75) is 65.0 Å². The van der Waals surface area contributed by atoms with Crippen LogP contribution in [0.25, 0.3) is 0 Å². The highest BCUT2D eigenvalue weighted by Crippen LogP contribution is 2.42. The van der Waals surface area contributed by atoms with Crippen LogP contribution >= 0.6 is 11.6 Å². The van der Waals surface area contributed by atoms with Crippen molar-refractivity contribution < 1.29 is 17.9 Å². The molecule has 10 heteroatoms. The summed E-state index contributed by atoms with van der Waals surface area (Å²) in [7, 11) is -2.98. The Kier molecular flexibility index (Phi) is 9.65. The third-order valence-corrected chi connectivity index (χ3v) is 9.70. The summed E-state index contributed by atoms with van der Waals surface area (Å²) in [5.74, 6) is 1.49. The third kappa shape index (κ3) is 7.12. The molecule has 2 heterocycles. The second kappa shape index (κ2) is 12.5. The molecule has 0 aromatic heterocycles. The highest BCUT2D eigenvalue weighted by molar-refractivity contribution is 7.90. The van der Waals surface area contributed by atoms with E-state index in [0.717, 1.165) is 16.7 Å². The maximum Gasteiger partial charge on any atom is 0.326 e. The number of carbonyl (C=O) groups is 1. The Morgan fingerprint density at radius 1 is 1.10 bits per heavy atom. The van der Waals surface area contributed by atoms with E-state index in [1.54, 1.807) is 0 Å². The predicted molar refractivity (Wildman–Crippen MR) is 171 cm³/mol. The number of hydrogen-bond donors (Lipinski definition) is 0. The van der Waals surface area contributed by atoms with E-state index >= 15 is 0 Å². The van der Waals surface area contributed by atoms with Crippen molar-refractivity contribution in [1.82, 2.24) is 14.7 Å². The van der Waals surface area contributed by atoms with Crippen LogP contribution in [0, 0.1) is 0 Å². The van der Waals surface area contributed by atoms with Crippen molar-refractivity contribution in [3.63, 3.8) is 0 Å². The minimum atomic E-state index is -2.98. The van der Waals surface area contributed by atoms with Gasteiger partial charge in [0.1, 0.15) is 27.0 Å². The van der Waals surface area contributed by atoms with Gasteiger partial charge in [-0.05, 0) is 74.5 Å². The lowest BCUT2D eigenvalue weighted by Gasteiger charge is -2.39. The van der Waals surface area contributed by atoms with Crippen LogP contribution in [0.3, 0.4) is 0 Å². The fourth-order valence-corrected chi connectivity index (χ4v) is 6.43. The monoisotopic (exact) mass is 616 g/mol. The number of amides is 2. The van der Waals surface area contributed by atoms with E-state index in [-0.39, 0.29) is 23.2 Å². The van der Waals surface area contributed by atoms with Gasteiger partial charge in [-0.15, -0.1) is 0 Å². The molecule has 1 saturated heterocycles. The van der Waals surface area contributed by atoms with Gasteiger partial charge in [-0.3, -0.25) is 14.8 Å². The summed E-state index contributed by atoms with van der Waals surface area (Å²) >= 11 is 6.22. The molecule has 2 amide bonds. The Hall–Kier alpha value is -2.62. The predicted octanol–water partition coefficient (Wildman–Crippen LogP) is 5.57. The fourth-order valence-electron chi connectivity index (χ4n) is 5.66. The molecule has 42 heavy (non-hydrogen) atoms. The Bertz CT molecular complexity index is 1410. The molecule has 0 spiro atoms. The molecule has 1 fully saturated rings. The number of rotatable bonds is 8. The van der Waals surface area contributed by atoms with Crippen LogP contribution < -0.4 is 4.74 Å². The normalized spacial score (nSPS) is 21.9. The smallest absolute Gasteiger partial charge is 0.326 e. The molecule has 0 bridgehead atoms. The van der Waals surface area contributed by atoms with Crippen molar-refractivity contribution in [3.8, 4) is 5.75 Å². The van der Waals surface area contributed by atoms with E-state index in [9.17, 15) is 13.2 Å². The lowest BCUT2D eigenvalue weighted by Crippen LogP contribution is -2.56. The van der Waals surface area contributed by atoms with Crippen LogP contribution in [-0.2, 0) is 20.8 Å². The molecule has 2 aromatic carbocycles. The maximum absolute atomic E-state index is 14.3. The third-order valence-electron chi connectivity index (χ3n) is 8.42. The first-order valence-corrected chi connectivity index (χ1v) is 17.2. The lowest BCUT2D eigenvalue weighted by atomic mass is 9.86. The average molecular weight is 617 g/mol. The number of aliphatic imine (C=N–C) groups is 1. The van der Waals surface area contributed by atoms with Crippen LogP contribution in [0.15, 0.2) is 47.5 Å². The number of halogens is 1. The summed E-state index contributed by atoms with van der Waals surface area (Å²) in [6, 6.07) is 13.5. The number of carbonyl (C=O) groups excluding carboxylic acids is 1. The first-order chi connectivity index (χ1) is 19.6. The quantitative estimate of drug-likeness (QED) is 0.387. The SMILES string of the molecule is CCOc1cc(C(C)(C)C)ccc1C1=N[C@@](C)(c2ccc(Cl)cc2)[C@H](C)N1C(=O)N1CCN(CCCS(C)(=O)=O)CC1. The van der Waals surface area contributed by atoms with Gasteiger partial charge in [0.15, 0.2) is 0 Å². The van der Waals surface area contributed by atoms with E-state index in [1.165, 1.54) is 6.26 Å². The van der Waals surface area contributed by atoms with Crippen molar-refractivity contribution >= 4 is 33.3 Å². The summed E-state index contributed by atoms with van der Waals surface area (Å²) in [5.41, 5.74) is 2.15. The molecule has 0 saturated carbocycles. The fraction of sp³-hybridized carbons (Fsp3) is 0.562. The number of piperazine rings is 1. The van der Waals surface area contributed by atoms with Crippen LogP contribution in [0.2, 0.25) is 5.02 Å². The van der Waals surface area contributed by atoms with Gasteiger partial charge in [-0.1, -0.05) is 50.6 Å². The number of amidine groups is 1. The number of urea groups is 1. The summed E-state index contributed by atoms with van der Waals surface area (Å²) in [6.07, 6.45) is 1.86. The van der Waals surface area contributed by atoms with E-state index in [2.05, 4.69) is 44.7 Å². The van der Waals surface area contributed by atoms with Crippen LogP contribution in [0.1, 0.15) is 64.7 Å². The molecule has 0 aliphatic carbocycles. The number of ether oxygens (including phenoxy) is 1. The van der Waals surface area contributed by atoms with Gasteiger partial charge < -0.3 is 9.64 Å². The topological polar surface area (TPSA) is 82.5 Å². The van der Waals surface area contributed by atoms with E-state index in [1.807, 2.05) is 54.0 Å². The highest BCUT2D eigenvalue weighted by Gasteiger charge is 2.48. The van der Waals surface area contributed by atoms with E-state index < -0.39 is 15.4 Å². The van der Waals surface area contributed by atoms with Gasteiger partial charge >= 0.3 is 6.03 Å². The molecule has 4 rings (SSSR count). The van der Waals surface area contributed by atoms with Crippen molar-refractivity contribution in [2.24, 2.45) is 4.99 Å². The molecule has 2 atom stereocenters. The Balaban J connectivity index is 1.67. The second-order valence-electron chi connectivity index (χ2n) is 12.6. The molecule has 2 aliphatic rings. The molecule has 230 valence electrons. The number of sulfone groups is 1. The van der Waals surface area contributed by atoms with Crippen molar-refractivity contribution in [3.05, 3.63) is 64.2 Å². The summed E-state index contributed by atoms with van der Waals surface area (Å²) in [4.78, 5) is 25.6. The zero-order valence-corrected chi connectivity index (χ0v) is 27.6. The van der Waals surface area contributed by atoms with Crippen LogP contribution in [0.5, 0.6) is 5.75 Å². The van der Waals surface area contributed by atoms with Crippen molar-refractivity contribution in [2.75, 3.05) is 51.3 Å². The summed E-state index contributed by atoms with van der Waals surface area (Å²) in [6.45, 7) is 16.3. The first-order valence-electron chi connectivity index (χ1n) is 14.8. The maximum atomic E-state index is 14.3. The molecule has 8 nitrogen and oxygen atoms in total. The largest absolute Gasteiger partial charge is 0.493 e. The van der Waals surface area contributed by atoms with Crippen LogP contribution in [-0.4, -0.2) is 92.4 Å². The Morgan fingerprint density at radius 3 is 2.31 bits per heavy atom. The number of nitrogens with zero attached hydrogens (tertiary/aromatic N) is 4. The van der Waals surface area contributed by atoms with Gasteiger partial charge in [0, 0.05) is 37.5 Å². The Labute approximate surface area is 256 Å². The molecule has 0 unspecified atom stereocenters. The minimum absolute atomic E-state index is 0.0660. The van der Waals surface area contributed by atoms with Gasteiger partial charge in [-0.2, -0.15) is 0 Å². The molecule has 2 aromatic rings. The number of benzene rings is 2. The zero-order chi connectivity index (χ0) is 30.9. The average Bonchev–Trinajstić information content (AvgIpc) is 3.19. The van der Waals surface area contributed by atoms with E-state index in [4.69, 9.17) is 21.3 Å². The highest BCUT2D eigenvalue weighted by atomic mass is 35.5. The second-order valence-corrected chi connectivity index (χ2v) is 15.3. The van der Waals surface area contributed by atoms with Gasteiger partial charge in [0.05, 0.1) is 24.0 Å².